The number of nitrogens with zero attached hydrogens (tertiary/aromatic N) is 1. The third kappa shape index (κ3) is 4.06. The highest BCUT2D eigenvalue weighted by Gasteiger charge is 2.19. The van der Waals surface area contributed by atoms with Gasteiger partial charge in [-0.3, -0.25) is 10.1 Å². The minimum absolute atomic E-state index is 0.203. The second-order valence-corrected chi connectivity index (χ2v) is 5.42. The maximum atomic E-state index is 11.7. The molecule has 2 rings (SSSR count). The molecule has 19 heavy (non-hydrogen) atoms. The first-order valence-electron chi connectivity index (χ1n) is 7.21. The van der Waals surface area contributed by atoms with E-state index >= 15 is 0 Å². The average Bonchev–Trinajstić information content (AvgIpc) is 3.02. The van der Waals surface area contributed by atoms with E-state index in [1.807, 2.05) is 13.0 Å². The number of rotatable bonds is 6. The van der Waals surface area contributed by atoms with Crippen LogP contribution in [0.5, 0.6) is 0 Å². The summed E-state index contributed by atoms with van der Waals surface area (Å²) < 4.78 is 5.14. The van der Waals surface area contributed by atoms with Crippen LogP contribution in [0.15, 0.2) is 10.6 Å². The molecular formula is C14H23N3O2. The van der Waals surface area contributed by atoms with E-state index in [1.54, 1.807) is 0 Å². The van der Waals surface area contributed by atoms with Crippen LogP contribution in [0, 0.1) is 5.92 Å². The highest BCUT2D eigenvalue weighted by Crippen LogP contribution is 2.28. The van der Waals surface area contributed by atoms with Crippen molar-refractivity contribution in [3.8, 4) is 0 Å². The van der Waals surface area contributed by atoms with Gasteiger partial charge in [0, 0.05) is 6.07 Å². The molecule has 0 bridgehead atoms. The Labute approximate surface area is 113 Å². The highest BCUT2D eigenvalue weighted by molar-refractivity contribution is 5.93. The van der Waals surface area contributed by atoms with E-state index in [9.17, 15) is 4.79 Å². The van der Waals surface area contributed by atoms with E-state index in [1.165, 1.54) is 25.7 Å². The number of amides is 1. The molecule has 5 nitrogen and oxygen atoms in total. The van der Waals surface area contributed by atoms with E-state index in [4.69, 9.17) is 10.3 Å². The first kappa shape index (κ1) is 14.1. The molecule has 0 saturated heterocycles. The lowest BCUT2D eigenvalue weighted by molar-refractivity contribution is -0.117. The smallest absolute Gasteiger partial charge is 0.243 e. The second-order valence-electron chi connectivity index (χ2n) is 5.42. The predicted molar refractivity (Wildman–Crippen MR) is 73.7 cm³/mol. The third-order valence-electron chi connectivity index (χ3n) is 3.71. The zero-order valence-corrected chi connectivity index (χ0v) is 11.5. The van der Waals surface area contributed by atoms with Gasteiger partial charge >= 0.3 is 0 Å². The van der Waals surface area contributed by atoms with Crippen LogP contribution in [0.4, 0.5) is 5.88 Å². The highest BCUT2D eigenvalue weighted by atomic mass is 16.5. The summed E-state index contributed by atoms with van der Waals surface area (Å²) in [7, 11) is 0. The fourth-order valence-corrected chi connectivity index (χ4v) is 2.63. The molecular weight excluding hydrogens is 242 g/mol. The number of nitrogens with two attached hydrogens (primary N) is 1. The number of anilines is 1. The molecule has 1 heterocycles. The van der Waals surface area contributed by atoms with Crippen LogP contribution in [-0.4, -0.2) is 17.1 Å². The van der Waals surface area contributed by atoms with Gasteiger partial charge in [0.15, 0.2) is 0 Å². The van der Waals surface area contributed by atoms with Crippen LogP contribution in [0.1, 0.15) is 51.1 Å². The Morgan fingerprint density at radius 3 is 3.00 bits per heavy atom. The summed E-state index contributed by atoms with van der Waals surface area (Å²) in [6.45, 7) is 2.00. The first-order chi connectivity index (χ1) is 9.19. The zero-order valence-electron chi connectivity index (χ0n) is 11.5. The number of hydrogen-bond donors (Lipinski definition) is 2. The summed E-state index contributed by atoms with van der Waals surface area (Å²) in [6.07, 6.45) is 7.69. The Morgan fingerprint density at radius 1 is 1.58 bits per heavy atom. The molecule has 1 aliphatic carbocycles. The van der Waals surface area contributed by atoms with Crippen LogP contribution < -0.4 is 11.1 Å². The molecule has 106 valence electrons. The molecule has 0 radical (unpaired) electrons. The van der Waals surface area contributed by atoms with Gasteiger partial charge in [-0.1, -0.05) is 44.2 Å². The molecule has 1 aromatic heterocycles. The van der Waals surface area contributed by atoms with Crippen molar-refractivity contribution in [3.63, 3.8) is 0 Å². The van der Waals surface area contributed by atoms with Crippen molar-refractivity contribution in [3.05, 3.63) is 11.8 Å². The van der Waals surface area contributed by atoms with Crippen molar-refractivity contribution >= 4 is 11.8 Å². The Morgan fingerprint density at radius 2 is 2.32 bits per heavy atom. The van der Waals surface area contributed by atoms with Crippen LogP contribution in [0.2, 0.25) is 0 Å². The topological polar surface area (TPSA) is 81.2 Å². The fourth-order valence-electron chi connectivity index (χ4n) is 2.63. The van der Waals surface area contributed by atoms with Crippen LogP contribution in [0.3, 0.4) is 0 Å². The van der Waals surface area contributed by atoms with Crippen molar-refractivity contribution in [1.82, 2.24) is 5.16 Å². The Kier molecular flexibility index (Phi) is 4.96. The lowest BCUT2D eigenvalue weighted by Crippen LogP contribution is -2.35. The second kappa shape index (κ2) is 6.70. The third-order valence-corrected chi connectivity index (χ3v) is 3.71. The molecule has 0 unspecified atom stereocenters. The van der Waals surface area contributed by atoms with Gasteiger partial charge in [0.1, 0.15) is 0 Å². The minimum Gasteiger partial charge on any atom is -0.338 e. The van der Waals surface area contributed by atoms with Gasteiger partial charge in [-0.05, 0) is 18.8 Å². The molecule has 1 atom stereocenters. The van der Waals surface area contributed by atoms with Gasteiger partial charge in [0.2, 0.25) is 11.8 Å². The molecule has 1 saturated carbocycles. The number of carbonyl (C=O) groups excluding carboxylic acids is 1. The van der Waals surface area contributed by atoms with E-state index in [2.05, 4.69) is 10.5 Å². The fraction of sp³-hybridized carbons (Fsp3) is 0.714. The average molecular weight is 265 g/mol. The van der Waals surface area contributed by atoms with E-state index < -0.39 is 6.04 Å². The maximum Gasteiger partial charge on any atom is 0.243 e. The van der Waals surface area contributed by atoms with Gasteiger partial charge in [-0.15, -0.1) is 0 Å². The largest absolute Gasteiger partial charge is 0.338 e. The van der Waals surface area contributed by atoms with Gasteiger partial charge in [-0.25, -0.2) is 0 Å². The van der Waals surface area contributed by atoms with Crippen LogP contribution >= 0.6 is 0 Å². The van der Waals surface area contributed by atoms with Gasteiger partial charge < -0.3 is 10.3 Å². The van der Waals surface area contributed by atoms with Crippen molar-refractivity contribution in [2.45, 2.75) is 57.9 Å². The minimum atomic E-state index is -0.478. The summed E-state index contributed by atoms with van der Waals surface area (Å²) in [6, 6.07) is 1.34. The molecule has 0 aliphatic heterocycles. The molecule has 0 spiro atoms. The Hall–Kier alpha value is -1.36. The van der Waals surface area contributed by atoms with Gasteiger partial charge in [0.05, 0.1) is 11.7 Å². The van der Waals surface area contributed by atoms with Crippen LogP contribution in [-0.2, 0) is 11.2 Å². The maximum absolute atomic E-state index is 11.7. The quantitative estimate of drug-likeness (QED) is 0.828. The summed E-state index contributed by atoms with van der Waals surface area (Å²) >= 11 is 0. The predicted octanol–water partition coefficient (Wildman–Crippen LogP) is 2.47. The SMILES string of the molecule is CCC[C@H](N)C(=O)Nc1cc(CC2CCCC2)no1. The van der Waals surface area contributed by atoms with Crippen molar-refractivity contribution in [2.24, 2.45) is 11.7 Å². The molecule has 0 aromatic carbocycles. The van der Waals surface area contributed by atoms with Crippen molar-refractivity contribution in [1.29, 1.82) is 0 Å². The number of aromatic nitrogens is 1. The summed E-state index contributed by atoms with van der Waals surface area (Å²) in [5.74, 6) is 0.922. The monoisotopic (exact) mass is 265 g/mol. The van der Waals surface area contributed by atoms with Gasteiger partial charge in [0.25, 0.3) is 0 Å². The zero-order chi connectivity index (χ0) is 13.7. The summed E-state index contributed by atoms with van der Waals surface area (Å²) in [5, 5.41) is 6.69. The number of nitrogens with one attached hydrogen (secondary N) is 1. The van der Waals surface area contributed by atoms with E-state index in [0.29, 0.717) is 12.3 Å². The normalized spacial score (nSPS) is 17.6. The standard InChI is InChI=1S/C14H23N3O2/c1-2-5-12(15)14(18)16-13-9-11(17-19-13)8-10-6-3-4-7-10/h9-10,12H,2-8,15H2,1H3,(H,16,18)/t12-/m0/s1. The lowest BCUT2D eigenvalue weighted by Gasteiger charge is -2.08. The summed E-state index contributed by atoms with van der Waals surface area (Å²) in [5.41, 5.74) is 6.66. The van der Waals surface area contributed by atoms with E-state index in [-0.39, 0.29) is 5.91 Å². The van der Waals surface area contributed by atoms with Crippen LogP contribution in [0.25, 0.3) is 0 Å². The first-order valence-corrected chi connectivity index (χ1v) is 7.21. The number of hydrogen-bond acceptors (Lipinski definition) is 4. The van der Waals surface area contributed by atoms with Gasteiger partial charge in [-0.2, -0.15) is 0 Å². The molecule has 1 aromatic rings. The summed E-state index contributed by atoms with van der Waals surface area (Å²) in [4.78, 5) is 11.7. The van der Waals surface area contributed by atoms with Crippen molar-refractivity contribution in [2.75, 3.05) is 5.32 Å². The van der Waals surface area contributed by atoms with Crippen molar-refractivity contribution < 1.29 is 9.32 Å². The molecule has 1 amide bonds. The Balaban J connectivity index is 1.84. The molecule has 3 N–H and O–H groups in total. The lowest BCUT2D eigenvalue weighted by atomic mass is 10.0. The van der Waals surface area contributed by atoms with E-state index in [0.717, 1.165) is 24.5 Å². The molecule has 1 fully saturated rings. The molecule has 5 heteroatoms. The Bertz CT molecular complexity index is 411. The molecule has 1 aliphatic rings. The number of carbonyl (C=O) groups is 1.